The smallest absolute Gasteiger partial charge is 0.441 e. The average molecular weight is 425 g/mol. The van der Waals surface area contributed by atoms with E-state index in [-0.39, 0.29) is 12.6 Å². The van der Waals surface area contributed by atoms with Gasteiger partial charge in [0.15, 0.2) is 5.82 Å². The fourth-order valence-corrected chi connectivity index (χ4v) is 4.26. The molecule has 1 fully saturated rings. The maximum absolute atomic E-state index is 12.2. The highest BCUT2D eigenvalue weighted by Gasteiger charge is 2.30. The maximum atomic E-state index is 12.2. The molecule has 164 valence electrons. The van der Waals surface area contributed by atoms with E-state index in [9.17, 15) is 9.90 Å². The molecule has 1 saturated heterocycles. The third-order valence-electron chi connectivity index (χ3n) is 5.72. The monoisotopic (exact) mass is 425 g/mol. The van der Waals surface area contributed by atoms with Crippen molar-refractivity contribution in [3.05, 3.63) is 64.6 Å². The van der Waals surface area contributed by atoms with Gasteiger partial charge in [0.2, 0.25) is 0 Å². The number of benzene rings is 2. The van der Waals surface area contributed by atoms with Crippen LogP contribution in [0.15, 0.2) is 57.8 Å². The first-order valence-corrected chi connectivity index (χ1v) is 10.4. The number of nitrogens with zero attached hydrogens (tertiary/aromatic N) is 3. The van der Waals surface area contributed by atoms with Crippen molar-refractivity contribution in [1.82, 2.24) is 14.6 Å². The van der Waals surface area contributed by atoms with Crippen LogP contribution in [-0.2, 0) is 6.54 Å². The van der Waals surface area contributed by atoms with Crippen LogP contribution >= 0.6 is 0 Å². The van der Waals surface area contributed by atoms with Crippen LogP contribution in [0.4, 0.5) is 0 Å². The zero-order valence-electron chi connectivity index (χ0n) is 17.7. The summed E-state index contributed by atoms with van der Waals surface area (Å²) in [6.45, 7) is 1.37. The molecule has 31 heavy (non-hydrogen) atoms. The molecule has 3 aromatic rings. The Morgan fingerprint density at radius 1 is 1.16 bits per heavy atom. The Morgan fingerprint density at radius 2 is 1.97 bits per heavy atom. The lowest BCUT2D eigenvalue weighted by atomic mass is 10.0. The van der Waals surface area contributed by atoms with E-state index in [1.54, 1.807) is 14.2 Å². The van der Waals surface area contributed by atoms with Crippen LogP contribution in [0.3, 0.4) is 0 Å². The van der Waals surface area contributed by atoms with E-state index < -0.39 is 11.9 Å². The van der Waals surface area contributed by atoms with E-state index in [2.05, 4.69) is 10.1 Å². The predicted molar refractivity (Wildman–Crippen MR) is 115 cm³/mol. The number of methoxy groups -OCH3 is 2. The molecule has 1 aliphatic heterocycles. The molecule has 0 amide bonds. The van der Waals surface area contributed by atoms with Crippen molar-refractivity contribution in [3.63, 3.8) is 0 Å². The second-order valence-electron chi connectivity index (χ2n) is 7.66. The van der Waals surface area contributed by atoms with Crippen molar-refractivity contribution >= 4 is 0 Å². The highest BCUT2D eigenvalue weighted by atomic mass is 16.5. The van der Waals surface area contributed by atoms with E-state index in [1.807, 2.05) is 48.5 Å². The highest BCUT2D eigenvalue weighted by Crippen LogP contribution is 2.38. The number of hydrogen-bond donors (Lipinski definition) is 1. The number of β-amino-alcohol motifs (C(OH)–C–C–N with tert-alkyl or cyclic N) is 1. The summed E-state index contributed by atoms with van der Waals surface area (Å²) in [7, 11) is 3.30. The van der Waals surface area contributed by atoms with Gasteiger partial charge >= 0.3 is 5.76 Å². The second kappa shape index (κ2) is 9.36. The van der Waals surface area contributed by atoms with Crippen molar-refractivity contribution < 1.29 is 19.1 Å². The van der Waals surface area contributed by atoms with E-state index in [1.165, 1.54) is 4.57 Å². The minimum atomic E-state index is -0.767. The first-order valence-electron chi connectivity index (χ1n) is 10.4. The van der Waals surface area contributed by atoms with Crippen molar-refractivity contribution in [2.45, 2.75) is 31.5 Å². The van der Waals surface area contributed by atoms with E-state index in [4.69, 9.17) is 14.0 Å². The van der Waals surface area contributed by atoms with Gasteiger partial charge in [-0.05, 0) is 37.6 Å². The zero-order valence-corrected chi connectivity index (χ0v) is 17.7. The number of aliphatic hydroxyl groups is 1. The van der Waals surface area contributed by atoms with Crippen molar-refractivity contribution in [2.24, 2.45) is 0 Å². The second-order valence-corrected chi connectivity index (χ2v) is 7.66. The van der Waals surface area contributed by atoms with Gasteiger partial charge in [-0.25, -0.2) is 4.79 Å². The van der Waals surface area contributed by atoms with Crippen LogP contribution in [0, 0.1) is 0 Å². The Hall–Kier alpha value is -3.10. The van der Waals surface area contributed by atoms with Crippen molar-refractivity contribution in [2.75, 3.05) is 27.3 Å². The number of rotatable bonds is 8. The fraction of sp³-hybridized carbons (Fsp3) is 0.391. The molecule has 1 aromatic heterocycles. The van der Waals surface area contributed by atoms with Crippen LogP contribution in [0.1, 0.15) is 24.4 Å². The van der Waals surface area contributed by atoms with E-state index in [0.29, 0.717) is 12.4 Å². The molecule has 2 heterocycles. The summed E-state index contributed by atoms with van der Waals surface area (Å²) >= 11 is 0. The molecular weight excluding hydrogens is 398 g/mol. The summed E-state index contributed by atoms with van der Waals surface area (Å²) in [6, 6.07) is 15.2. The van der Waals surface area contributed by atoms with Gasteiger partial charge in [0.25, 0.3) is 0 Å². The Kier molecular flexibility index (Phi) is 6.39. The highest BCUT2D eigenvalue weighted by molar-refractivity contribution is 5.54. The minimum Gasteiger partial charge on any atom is -0.497 e. The molecule has 2 aromatic carbocycles. The quantitative estimate of drug-likeness (QED) is 0.593. The van der Waals surface area contributed by atoms with Gasteiger partial charge in [0, 0.05) is 23.7 Å². The van der Waals surface area contributed by atoms with Crippen LogP contribution in [-0.4, -0.2) is 53.1 Å². The predicted octanol–water partition coefficient (Wildman–Crippen LogP) is 2.72. The number of aromatic nitrogens is 2. The largest absolute Gasteiger partial charge is 0.497 e. The zero-order chi connectivity index (χ0) is 21.8. The first kappa shape index (κ1) is 21.1. The Bertz CT molecular complexity index is 1060. The summed E-state index contributed by atoms with van der Waals surface area (Å²) in [5.74, 6) is 1.41. The van der Waals surface area contributed by atoms with Crippen molar-refractivity contribution in [3.8, 4) is 22.9 Å². The number of aliphatic hydroxyl groups excluding tert-OH is 1. The Balaban J connectivity index is 1.52. The van der Waals surface area contributed by atoms with Crippen LogP contribution < -0.4 is 15.2 Å². The average Bonchev–Trinajstić information content (AvgIpc) is 3.40. The van der Waals surface area contributed by atoms with Crippen LogP contribution in [0.5, 0.6) is 11.5 Å². The lowest BCUT2D eigenvalue weighted by Gasteiger charge is -2.28. The number of likely N-dealkylation sites (tertiary alicyclic amines) is 1. The SMILES string of the molecule is COc1ccc(OC)c(C2CCCN2CC(O)Cn2c(-c3ccccc3)noc2=O)c1. The van der Waals surface area contributed by atoms with Crippen LogP contribution in [0.25, 0.3) is 11.4 Å². The molecule has 8 heteroatoms. The molecule has 0 saturated carbocycles. The summed E-state index contributed by atoms with van der Waals surface area (Å²) < 4.78 is 17.2. The van der Waals surface area contributed by atoms with Crippen molar-refractivity contribution in [1.29, 1.82) is 0 Å². The van der Waals surface area contributed by atoms with Crippen LogP contribution in [0.2, 0.25) is 0 Å². The third-order valence-corrected chi connectivity index (χ3v) is 5.72. The molecule has 2 unspecified atom stereocenters. The lowest BCUT2D eigenvalue weighted by molar-refractivity contribution is 0.0900. The normalized spacial score (nSPS) is 17.6. The number of hydrogen-bond acceptors (Lipinski definition) is 7. The van der Waals surface area contributed by atoms with Gasteiger partial charge in [-0.3, -0.25) is 14.0 Å². The molecule has 8 nitrogen and oxygen atoms in total. The molecule has 0 radical (unpaired) electrons. The molecular formula is C23H27N3O5. The van der Waals surface area contributed by atoms with Gasteiger partial charge in [-0.1, -0.05) is 35.5 Å². The third kappa shape index (κ3) is 4.50. The van der Waals surface area contributed by atoms with Gasteiger partial charge in [-0.2, -0.15) is 0 Å². The molecule has 2 atom stereocenters. The van der Waals surface area contributed by atoms with Gasteiger partial charge in [0.1, 0.15) is 11.5 Å². The summed E-state index contributed by atoms with van der Waals surface area (Å²) in [6.07, 6.45) is 1.20. The molecule has 4 rings (SSSR count). The molecule has 0 aliphatic carbocycles. The first-order chi connectivity index (χ1) is 15.1. The molecule has 0 bridgehead atoms. The maximum Gasteiger partial charge on any atom is 0.441 e. The van der Waals surface area contributed by atoms with E-state index in [0.717, 1.165) is 42.0 Å². The lowest BCUT2D eigenvalue weighted by Crippen LogP contribution is -2.36. The summed E-state index contributed by atoms with van der Waals surface area (Å²) in [5, 5.41) is 14.7. The summed E-state index contributed by atoms with van der Waals surface area (Å²) in [4.78, 5) is 14.4. The number of ether oxygens (including phenoxy) is 2. The standard InChI is InChI=1S/C23H27N3O5/c1-29-18-10-11-21(30-2)19(13-18)20-9-6-12-25(20)14-17(27)15-26-22(24-31-23(26)28)16-7-4-3-5-8-16/h3-5,7-8,10-11,13,17,20,27H,6,9,12,14-15H2,1-2H3. The summed E-state index contributed by atoms with van der Waals surface area (Å²) in [5.41, 5.74) is 1.80. The van der Waals surface area contributed by atoms with E-state index >= 15 is 0 Å². The minimum absolute atomic E-state index is 0.102. The Morgan fingerprint density at radius 3 is 2.71 bits per heavy atom. The molecule has 1 aliphatic rings. The fourth-order valence-electron chi connectivity index (χ4n) is 4.26. The van der Waals surface area contributed by atoms with Gasteiger partial charge in [0.05, 0.1) is 26.9 Å². The molecule has 1 N–H and O–H groups in total. The molecule has 0 spiro atoms. The van der Waals surface area contributed by atoms with Gasteiger partial charge in [-0.15, -0.1) is 0 Å². The van der Waals surface area contributed by atoms with Gasteiger partial charge < -0.3 is 14.6 Å². The Labute approximate surface area is 180 Å². The topological polar surface area (TPSA) is 90.0 Å².